The Morgan fingerprint density at radius 2 is 2.00 bits per heavy atom. The zero-order valence-corrected chi connectivity index (χ0v) is 16.8. The SMILES string of the molecule is CC(=O)n1cc(C[C@H]2CCCN2C)c2cc(/C=C/Cc3ccccc3)ccc21. The minimum Gasteiger partial charge on any atom is -0.303 e. The molecule has 0 saturated carbocycles. The standard InChI is InChI=1S/C25H28N2O/c1-19(28)27-18-22(17-23-12-7-15-26(23)2)24-16-21(13-14-25(24)27)11-6-10-20-8-4-3-5-9-20/h3-6,8-9,11,13-14,16,18,23H,7,10,12,15,17H2,1-2H3/b11-6+/t23-/m1/s1. The van der Waals surface area contributed by atoms with Gasteiger partial charge in [0.2, 0.25) is 5.91 Å². The largest absolute Gasteiger partial charge is 0.303 e. The normalized spacial score (nSPS) is 17.7. The van der Waals surface area contributed by atoms with Gasteiger partial charge >= 0.3 is 0 Å². The van der Waals surface area contributed by atoms with Gasteiger partial charge in [0.25, 0.3) is 0 Å². The van der Waals surface area contributed by atoms with Gasteiger partial charge in [-0.05, 0) is 68.1 Å². The lowest BCUT2D eigenvalue weighted by molar-refractivity contribution is 0.0941. The van der Waals surface area contributed by atoms with Crippen molar-refractivity contribution < 1.29 is 4.79 Å². The van der Waals surface area contributed by atoms with Crippen LogP contribution in [0.5, 0.6) is 0 Å². The second-order valence-corrected chi connectivity index (χ2v) is 7.89. The number of likely N-dealkylation sites (tertiary alicyclic amines) is 1. The van der Waals surface area contributed by atoms with Crippen molar-refractivity contribution in [1.82, 2.24) is 9.47 Å². The minimum absolute atomic E-state index is 0.0726. The predicted molar refractivity (Wildman–Crippen MR) is 117 cm³/mol. The Kier molecular flexibility index (Phi) is 5.45. The molecule has 0 N–H and O–H groups in total. The van der Waals surface area contributed by atoms with E-state index in [4.69, 9.17) is 0 Å². The second-order valence-electron chi connectivity index (χ2n) is 7.89. The highest BCUT2D eigenvalue weighted by molar-refractivity contribution is 5.94. The lowest BCUT2D eigenvalue weighted by Gasteiger charge is -2.18. The Morgan fingerprint density at radius 1 is 1.18 bits per heavy atom. The van der Waals surface area contributed by atoms with Crippen LogP contribution in [0.25, 0.3) is 17.0 Å². The maximum absolute atomic E-state index is 12.1. The molecule has 28 heavy (non-hydrogen) atoms. The molecule has 1 aliphatic heterocycles. The molecule has 0 radical (unpaired) electrons. The summed E-state index contributed by atoms with van der Waals surface area (Å²) in [5, 5.41) is 1.21. The van der Waals surface area contributed by atoms with Crippen LogP contribution in [0.1, 0.15) is 41.3 Å². The summed E-state index contributed by atoms with van der Waals surface area (Å²) in [6, 6.07) is 17.5. The van der Waals surface area contributed by atoms with Gasteiger partial charge in [0, 0.05) is 24.5 Å². The summed E-state index contributed by atoms with van der Waals surface area (Å²) >= 11 is 0. The number of allylic oxidation sites excluding steroid dienone is 1. The molecule has 1 atom stereocenters. The fourth-order valence-electron chi connectivity index (χ4n) is 4.28. The molecule has 1 aliphatic rings. The second kappa shape index (κ2) is 8.15. The van der Waals surface area contributed by atoms with Crippen molar-refractivity contribution in [2.24, 2.45) is 0 Å². The van der Waals surface area contributed by atoms with E-state index in [0.29, 0.717) is 6.04 Å². The molecule has 0 bridgehead atoms. The molecule has 2 aromatic carbocycles. The monoisotopic (exact) mass is 372 g/mol. The van der Waals surface area contributed by atoms with E-state index in [1.807, 2.05) is 6.07 Å². The van der Waals surface area contributed by atoms with Gasteiger partial charge in [0.1, 0.15) is 0 Å². The highest BCUT2D eigenvalue weighted by Gasteiger charge is 2.23. The predicted octanol–water partition coefficient (Wildman–Crippen LogP) is 5.19. The van der Waals surface area contributed by atoms with Crippen molar-refractivity contribution >= 4 is 22.9 Å². The Bertz CT molecular complexity index is 1000. The van der Waals surface area contributed by atoms with Crippen LogP contribution in [0.4, 0.5) is 0 Å². The Labute approximate surface area is 167 Å². The number of fused-ring (bicyclic) bond motifs is 1. The summed E-state index contributed by atoms with van der Waals surface area (Å²) in [6.45, 7) is 2.81. The van der Waals surface area contributed by atoms with Gasteiger partial charge in [-0.2, -0.15) is 0 Å². The Hall–Kier alpha value is -2.65. The number of likely N-dealkylation sites (N-methyl/N-ethyl adjacent to an activating group) is 1. The molecule has 0 spiro atoms. The molecule has 144 valence electrons. The van der Waals surface area contributed by atoms with E-state index in [0.717, 1.165) is 18.4 Å². The molecule has 0 unspecified atom stereocenters. The molecular weight excluding hydrogens is 344 g/mol. The highest BCUT2D eigenvalue weighted by atomic mass is 16.1. The number of rotatable bonds is 5. The van der Waals surface area contributed by atoms with Gasteiger partial charge in [0.05, 0.1) is 5.52 Å². The van der Waals surface area contributed by atoms with Crippen LogP contribution >= 0.6 is 0 Å². The van der Waals surface area contributed by atoms with Gasteiger partial charge in [-0.1, -0.05) is 48.6 Å². The first-order valence-corrected chi connectivity index (χ1v) is 10.2. The van der Waals surface area contributed by atoms with Crippen LogP contribution in [-0.2, 0) is 12.8 Å². The fourth-order valence-corrected chi connectivity index (χ4v) is 4.28. The molecule has 3 aromatic rings. The van der Waals surface area contributed by atoms with E-state index < -0.39 is 0 Å². The highest BCUT2D eigenvalue weighted by Crippen LogP contribution is 2.28. The smallest absolute Gasteiger partial charge is 0.227 e. The Morgan fingerprint density at radius 3 is 2.71 bits per heavy atom. The van der Waals surface area contributed by atoms with Crippen LogP contribution in [-0.4, -0.2) is 35.0 Å². The molecule has 3 heteroatoms. The maximum Gasteiger partial charge on any atom is 0.227 e. The summed E-state index contributed by atoms with van der Waals surface area (Å²) in [4.78, 5) is 14.6. The quantitative estimate of drug-likeness (QED) is 0.615. The molecule has 3 nitrogen and oxygen atoms in total. The third kappa shape index (κ3) is 3.95. The minimum atomic E-state index is 0.0726. The van der Waals surface area contributed by atoms with Crippen molar-refractivity contribution in [2.45, 2.75) is 38.6 Å². The molecule has 1 fully saturated rings. The number of benzene rings is 2. The van der Waals surface area contributed by atoms with E-state index in [1.54, 1.807) is 11.5 Å². The van der Waals surface area contributed by atoms with Crippen LogP contribution < -0.4 is 0 Å². The first-order chi connectivity index (χ1) is 13.6. The lowest BCUT2D eigenvalue weighted by atomic mass is 10.0. The van der Waals surface area contributed by atoms with Crippen LogP contribution in [0, 0.1) is 0 Å². The van der Waals surface area contributed by atoms with E-state index in [9.17, 15) is 4.79 Å². The van der Waals surface area contributed by atoms with Crippen LogP contribution in [0.3, 0.4) is 0 Å². The van der Waals surface area contributed by atoms with Gasteiger partial charge in [-0.25, -0.2) is 0 Å². The summed E-state index contributed by atoms with van der Waals surface area (Å²) in [5.41, 5.74) is 4.80. The first-order valence-electron chi connectivity index (χ1n) is 10.2. The average molecular weight is 373 g/mol. The number of nitrogens with zero attached hydrogens (tertiary/aromatic N) is 2. The zero-order chi connectivity index (χ0) is 19.5. The van der Waals surface area contributed by atoms with Crippen molar-refractivity contribution in [3.8, 4) is 0 Å². The summed E-state index contributed by atoms with van der Waals surface area (Å²) in [7, 11) is 2.21. The number of carbonyl (C=O) groups is 1. The van der Waals surface area contributed by atoms with Crippen LogP contribution in [0.2, 0.25) is 0 Å². The van der Waals surface area contributed by atoms with E-state index >= 15 is 0 Å². The summed E-state index contributed by atoms with van der Waals surface area (Å²) in [5.74, 6) is 0.0726. The molecule has 0 amide bonds. The number of aromatic nitrogens is 1. The molecule has 1 aromatic heterocycles. The molecular formula is C25H28N2O. The number of hydrogen-bond donors (Lipinski definition) is 0. The van der Waals surface area contributed by atoms with Gasteiger partial charge in [-0.15, -0.1) is 0 Å². The third-order valence-electron chi connectivity index (χ3n) is 5.88. The molecule has 2 heterocycles. The van der Waals surface area contributed by atoms with Crippen molar-refractivity contribution in [3.05, 3.63) is 77.5 Å². The first kappa shape index (κ1) is 18.7. The van der Waals surface area contributed by atoms with Crippen molar-refractivity contribution in [2.75, 3.05) is 13.6 Å². The van der Waals surface area contributed by atoms with Gasteiger partial charge in [-0.3, -0.25) is 9.36 Å². The van der Waals surface area contributed by atoms with Crippen molar-refractivity contribution in [1.29, 1.82) is 0 Å². The van der Waals surface area contributed by atoms with Gasteiger partial charge < -0.3 is 4.90 Å². The summed E-state index contributed by atoms with van der Waals surface area (Å²) < 4.78 is 1.80. The average Bonchev–Trinajstić information content (AvgIpc) is 3.27. The topological polar surface area (TPSA) is 25.2 Å². The maximum atomic E-state index is 12.1. The fraction of sp³-hybridized carbons (Fsp3) is 0.320. The van der Waals surface area contributed by atoms with E-state index in [-0.39, 0.29) is 5.91 Å². The third-order valence-corrected chi connectivity index (χ3v) is 5.88. The lowest BCUT2D eigenvalue weighted by Crippen LogP contribution is -2.26. The molecule has 4 rings (SSSR count). The summed E-state index contributed by atoms with van der Waals surface area (Å²) in [6.07, 6.45) is 10.9. The van der Waals surface area contributed by atoms with Crippen LogP contribution in [0.15, 0.2) is 60.8 Å². The van der Waals surface area contributed by atoms with Crippen molar-refractivity contribution in [3.63, 3.8) is 0 Å². The number of carbonyl (C=O) groups excluding carboxylic acids is 1. The Balaban J connectivity index is 1.62. The van der Waals surface area contributed by atoms with Gasteiger partial charge in [0.15, 0.2) is 0 Å². The zero-order valence-electron chi connectivity index (χ0n) is 16.8. The van der Waals surface area contributed by atoms with E-state index in [1.165, 1.54) is 41.5 Å². The molecule has 1 saturated heterocycles. The molecule has 0 aliphatic carbocycles. The van der Waals surface area contributed by atoms with E-state index in [2.05, 4.69) is 72.8 Å². The number of hydrogen-bond acceptors (Lipinski definition) is 2.